The van der Waals surface area contributed by atoms with Gasteiger partial charge in [0, 0.05) is 17.2 Å². The Morgan fingerprint density at radius 3 is 2.65 bits per heavy atom. The zero-order valence-corrected chi connectivity index (χ0v) is 11.9. The van der Waals surface area contributed by atoms with Gasteiger partial charge in [0.25, 0.3) is 0 Å². The second-order valence-corrected chi connectivity index (χ2v) is 5.62. The van der Waals surface area contributed by atoms with E-state index in [-0.39, 0.29) is 6.10 Å². The summed E-state index contributed by atoms with van der Waals surface area (Å²) >= 11 is 1.77. The molecule has 1 aromatic carbocycles. The van der Waals surface area contributed by atoms with Crippen LogP contribution in [0.25, 0.3) is 0 Å². The fourth-order valence-electron chi connectivity index (χ4n) is 1.34. The zero-order valence-electron chi connectivity index (χ0n) is 11.1. The van der Waals surface area contributed by atoms with Crippen LogP contribution in [0, 0.1) is 0 Å². The van der Waals surface area contributed by atoms with Crippen LogP contribution < -0.4 is 10.5 Å². The summed E-state index contributed by atoms with van der Waals surface area (Å²) < 4.78 is 5.66. The molecule has 96 valence electrons. The second-order valence-electron chi connectivity index (χ2n) is 4.49. The van der Waals surface area contributed by atoms with Gasteiger partial charge in [0.1, 0.15) is 5.75 Å². The maximum Gasteiger partial charge on any atom is 0.143 e. The van der Waals surface area contributed by atoms with Crippen molar-refractivity contribution in [3.05, 3.63) is 18.2 Å². The minimum absolute atomic E-state index is 0.152. The molecule has 0 atom stereocenters. The number of hydrogen-bond donors (Lipinski definition) is 1. The van der Waals surface area contributed by atoms with Crippen LogP contribution in [0.15, 0.2) is 23.1 Å². The summed E-state index contributed by atoms with van der Waals surface area (Å²) in [5, 5.41) is 0. The van der Waals surface area contributed by atoms with E-state index in [2.05, 4.69) is 19.0 Å². The molecule has 0 saturated carbocycles. The van der Waals surface area contributed by atoms with Crippen LogP contribution in [0.1, 0.15) is 13.8 Å². The van der Waals surface area contributed by atoms with E-state index in [0.29, 0.717) is 0 Å². The van der Waals surface area contributed by atoms with Gasteiger partial charge in [-0.25, -0.2) is 0 Å². The molecule has 0 unspecified atom stereocenters. The summed E-state index contributed by atoms with van der Waals surface area (Å²) in [7, 11) is 4.14. The number of nitrogens with zero attached hydrogens (tertiary/aromatic N) is 1. The number of anilines is 1. The molecule has 3 nitrogen and oxygen atoms in total. The Hall–Kier alpha value is -0.870. The number of hydrogen-bond acceptors (Lipinski definition) is 4. The van der Waals surface area contributed by atoms with E-state index in [1.54, 1.807) is 11.8 Å². The average molecular weight is 254 g/mol. The standard InChI is InChI=1S/C13H22N2OS/c1-10(2)16-11-6-5-7-12(13(11)14)17-9-8-15(3)4/h5-7,10H,8-9,14H2,1-4H3. The van der Waals surface area contributed by atoms with Gasteiger partial charge in [0.2, 0.25) is 0 Å². The van der Waals surface area contributed by atoms with Gasteiger partial charge in [-0.1, -0.05) is 6.07 Å². The van der Waals surface area contributed by atoms with Gasteiger partial charge in [-0.15, -0.1) is 11.8 Å². The SMILES string of the molecule is CC(C)Oc1cccc(SCCN(C)C)c1N. The summed E-state index contributed by atoms with van der Waals surface area (Å²) in [4.78, 5) is 3.27. The van der Waals surface area contributed by atoms with Crippen molar-refractivity contribution in [1.29, 1.82) is 0 Å². The first kappa shape index (κ1) is 14.2. The second kappa shape index (κ2) is 6.77. The normalized spacial score (nSPS) is 11.2. The summed E-state index contributed by atoms with van der Waals surface area (Å²) in [6.45, 7) is 5.05. The third kappa shape index (κ3) is 4.88. The lowest BCUT2D eigenvalue weighted by Gasteiger charge is -2.15. The molecule has 0 amide bonds. The molecule has 0 aromatic heterocycles. The van der Waals surface area contributed by atoms with Crippen LogP contribution >= 0.6 is 11.8 Å². The molecular formula is C13H22N2OS. The maximum absolute atomic E-state index is 6.09. The first-order chi connectivity index (χ1) is 8.00. The first-order valence-electron chi connectivity index (χ1n) is 5.83. The van der Waals surface area contributed by atoms with Gasteiger partial charge in [0.05, 0.1) is 11.8 Å². The van der Waals surface area contributed by atoms with Crippen LogP contribution in [0.5, 0.6) is 5.75 Å². The highest BCUT2D eigenvalue weighted by molar-refractivity contribution is 7.99. The van der Waals surface area contributed by atoms with E-state index in [0.717, 1.165) is 28.6 Å². The lowest BCUT2D eigenvalue weighted by molar-refractivity contribution is 0.243. The molecule has 0 aliphatic rings. The fraction of sp³-hybridized carbons (Fsp3) is 0.538. The molecule has 0 fully saturated rings. The first-order valence-corrected chi connectivity index (χ1v) is 6.82. The van der Waals surface area contributed by atoms with Crippen molar-refractivity contribution < 1.29 is 4.74 Å². The fourth-order valence-corrected chi connectivity index (χ4v) is 2.45. The number of ether oxygens (including phenoxy) is 1. The smallest absolute Gasteiger partial charge is 0.143 e. The Morgan fingerprint density at radius 2 is 2.06 bits per heavy atom. The number of nitrogen functional groups attached to an aromatic ring is 1. The summed E-state index contributed by atoms with van der Waals surface area (Å²) in [6, 6.07) is 5.96. The van der Waals surface area contributed by atoms with Crippen LogP contribution in [0.4, 0.5) is 5.69 Å². The lowest BCUT2D eigenvalue weighted by Crippen LogP contribution is -2.14. The zero-order chi connectivity index (χ0) is 12.8. The number of nitrogens with two attached hydrogens (primary N) is 1. The van der Waals surface area contributed by atoms with E-state index in [4.69, 9.17) is 10.5 Å². The van der Waals surface area contributed by atoms with Crippen molar-refractivity contribution >= 4 is 17.4 Å². The quantitative estimate of drug-likeness (QED) is 0.626. The van der Waals surface area contributed by atoms with Crippen LogP contribution in [0.3, 0.4) is 0 Å². The monoisotopic (exact) mass is 254 g/mol. The van der Waals surface area contributed by atoms with Crippen molar-refractivity contribution in [2.24, 2.45) is 0 Å². The molecular weight excluding hydrogens is 232 g/mol. The summed E-state index contributed by atoms with van der Waals surface area (Å²) in [6.07, 6.45) is 0.152. The predicted molar refractivity (Wildman–Crippen MR) is 75.9 cm³/mol. The van der Waals surface area contributed by atoms with Gasteiger partial charge in [0.15, 0.2) is 0 Å². The molecule has 0 saturated heterocycles. The maximum atomic E-state index is 6.09. The lowest BCUT2D eigenvalue weighted by atomic mass is 10.3. The molecule has 1 aromatic rings. The molecule has 0 heterocycles. The highest BCUT2D eigenvalue weighted by Gasteiger charge is 2.07. The topological polar surface area (TPSA) is 38.5 Å². The molecule has 0 radical (unpaired) electrons. The Kier molecular flexibility index (Phi) is 5.65. The highest BCUT2D eigenvalue weighted by atomic mass is 32.2. The van der Waals surface area contributed by atoms with Crippen molar-refractivity contribution in [2.75, 3.05) is 32.1 Å². The van der Waals surface area contributed by atoms with Gasteiger partial charge in [-0.05, 0) is 40.1 Å². The number of thioether (sulfide) groups is 1. The van der Waals surface area contributed by atoms with Gasteiger partial charge in [-0.3, -0.25) is 0 Å². The highest BCUT2D eigenvalue weighted by Crippen LogP contribution is 2.33. The predicted octanol–water partition coefficient (Wildman–Crippen LogP) is 2.71. The van der Waals surface area contributed by atoms with Crippen molar-refractivity contribution in [1.82, 2.24) is 4.90 Å². The van der Waals surface area contributed by atoms with E-state index >= 15 is 0 Å². The number of benzene rings is 1. The number of rotatable bonds is 6. The molecule has 0 aliphatic carbocycles. The largest absolute Gasteiger partial charge is 0.489 e. The Labute approximate surface area is 108 Å². The minimum Gasteiger partial charge on any atom is -0.489 e. The van der Waals surface area contributed by atoms with Crippen LogP contribution in [-0.4, -0.2) is 37.4 Å². The third-order valence-corrected chi connectivity index (χ3v) is 3.24. The number of para-hydroxylation sites is 1. The Bertz CT molecular complexity index is 353. The van der Waals surface area contributed by atoms with Crippen LogP contribution in [-0.2, 0) is 0 Å². The van der Waals surface area contributed by atoms with E-state index in [1.165, 1.54) is 0 Å². The van der Waals surface area contributed by atoms with Crippen molar-refractivity contribution in [2.45, 2.75) is 24.8 Å². The Morgan fingerprint density at radius 1 is 1.35 bits per heavy atom. The Balaban J connectivity index is 2.66. The van der Waals surface area contributed by atoms with Gasteiger partial charge in [-0.2, -0.15) is 0 Å². The summed E-state index contributed by atoms with van der Waals surface area (Å²) in [5.74, 6) is 1.82. The molecule has 0 spiro atoms. The molecule has 0 aliphatic heterocycles. The van der Waals surface area contributed by atoms with Crippen molar-refractivity contribution in [3.63, 3.8) is 0 Å². The molecule has 0 bridgehead atoms. The van der Waals surface area contributed by atoms with E-state index < -0.39 is 0 Å². The molecule has 2 N–H and O–H groups in total. The van der Waals surface area contributed by atoms with Crippen LogP contribution in [0.2, 0.25) is 0 Å². The third-order valence-electron chi connectivity index (χ3n) is 2.18. The minimum atomic E-state index is 0.152. The molecule has 4 heteroatoms. The van der Waals surface area contributed by atoms with E-state index in [9.17, 15) is 0 Å². The molecule has 17 heavy (non-hydrogen) atoms. The van der Waals surface area contributed by atoms with E-state index in [1.807, 2.05) is 32.0 Å². The van der Waals surface area contributed by atoms with Gasteiger partial charge < -0.3 is 15.4 Å². The van der Waals surface area contributed by atoms with Crippen molar-refractivity contribution in [3.8, 4) is 5.75 Å². The van der Waals surface area contributed by atoms with Gasteiger partial charge >= 0.3 is 0 Å². The average Bonchev–Trinajstić information content (AvgIpc) is 2.22. The molecule has 1 rings (SSSR count). The summed E-state index contributed by atoms with van der Waals surface area (Å²) in [5.41, 5.74) is 6.84.